The number of nitrogens with zero attached hydrogens (tertiary/aromatic N) is 2. The molecule has 2 atom stereocenters. The molecule has 1 saturated heterocycles. The molecule has 172 valence electrons. The summed E-state index contributed by atoms with van der Waals surface area (Å²) in [7, 11) is 1.75. The zero-order valence-corrected chi connectivity index (χ0v) is 18.8. The number of fused-ring (bicyclic) bond motifs is 2. The minimum absolute atomic E-state index is 0.0526. The van der Waals surface area contributed by atoms with Crippen molar-refractivity contribution < 1.29 is 23.9 Å². The van der Waals surface area contributed by atoms with Gasteiger partial charge in [0.1, 0.15) is 12.1 Å². The Hall–Kier alpha value is -3.55. The van der Waals surface area contributed by atoms with Gasteiger partial charge < -0.3 is 19.7 Å². The number of amides is 4. The van der Waals surface area contributed by atoms with Crippen molar-refractivity contribution in [3.8, 4) is 11.5 Å². The van der Waals surface area contributed by atoms with Crippen LogP contribution in [0, 0.1) is 0 Å². The van der Waals surface area contributed by atoms with Crippen LogP contribution in [0.2, 0.25) is 0 Å². The fourth-order valence-electron chi connectivity index (χ4n) is 5.02. The molecule has 2 aromatic rings. The Labute approximate surface area is 192 Å². The average Bonchev–Trinajstić information content (AvgIpc) is 3.36. The number of ether oxygens (including phenoxy) is 2. The highest BCUT2D eigenvalue weighted by Gasteiger charge is 2.48. The minimum atomic E-state index is -1.14. The molecule has 3 aliphatic rings. The number of hydrogen-bond donors (Lipinski definition) is 1. The number of benzene rings is 2. The number of rotatable bonds is 5. The molecule has 2 aliphatic heterocycles. The van der Waals surface area contributed by atoms with E-state index in [1.54, 1.807) is 24.9 Å². The quantitative estimate of drug-likeness (QED) is 0.710. The lowest BCUT2D eigenvalue weighted by Gasteiger charge is -2.34. The first-order valence-corrected chi connectivity index (χ1v) is 11.2. The summed E-state index contributed by atoms with van der Waals surface area (Å²) in [5, 5.41) is 2.78. The number of carbonyl (C=O) groups excluding carboxylic acids is 3. The summed E-state index contributed by atoms with van der Waals surface area (Å²) in [5.74, 6) is 0.614. The predicted molar refractivity (Wildman–Crippen MR) is 120 cm³/mol. The van der Waals surface area contributed by atoms with Crippen LogP contribution in [0.5, 0.6) is 11.5 Å². The maximum atomic E-state index is 13.2. The topological polar surface area (TPSA) is 88.2 Å². The molecule has 8 heteroatoms. The Morgan fingerprint density at radius 3 is 2.82 bits per heavy atom. The molecule has 8 nitrogen and oxygen atoms in total. The van der Waals surface area contributed by atoms with Crippen LogP contribution in [-0.4, -0.2) is 53.6 Å². The zero-order valence-electron chi connectivity index (χ0n) is 18.8. The molecule has 5 rings (SSSR count). The van der Waals surface area contributed by atoms with Gasteiger partial charge in [-0.25, -0.2) is 4.79 Å². The first-order chi connectivity index (χ1) is 15.9. The van der Waals surface area contributed by atoms with Crippen LogP contribution in [-0.2, 0) is 22.4 Å². The largest absolute Gasteiger partial charge is 0.454 e. The summed E-state index contributed by atoms with van der Waals surface area (Å²) in [6.45, 7) is 1.57. The van der Waals surface area contributed by atoms with E-state index in [-0.39, 0.29) is 31.7 Å². The molecule has 0 bridgehead atoms. The number of hydrogen-bond acceptors (Lipinski definition) is 5. The minimum Gasteiger partial charge on any atom is -0.454 e. The lowest BCUT2D eigenvalue weighted by atomic mass is 9.87. The summed E-state index contributed by atoms with van der Waals surface area (Å²) in [5.41, 5.74) is 2.09. The number of nitrogens with one attached hydrogen (secondary N) is 1. The van der Waals surface area contributed by atoms with Gasteiger partial charge >= 0.3 is 6.03 Å². The van der Waals surface area contributed by atoms with Crippen LogP contribution >= 0.6 is 0 Å². The molecule has 0 radical (unpaired) electrons. The Balaban J connectivity index is 1.29. The maximum Gasteiger partial charge on any atom is 0.325 e. The second-order valence-corrected chi connectivity index (χ2v) is 9.13. The van der Waals surface area contributed by atoms with Crippen molar-refractivity contribution in [3.63, 3.8) is 0 Å². The van der Waals surface area contributed by atoms with E-state index < -0.39 is 17.5 Å². The Morgan fingerprint density at radius 2 is 1.97 bits per heavy atom. The molecule has 2 aromatic carbocycles. The summed E-state index contributed by atoms with van der Waals surface area (Å²) < 4.78 is 10.7. The van der Waals surface area contributed by atoms with E-state index in [4.69, 9.17) is 9.47 Å². The third kappa shape index (κ3) is 3.79. The summed E-state index contributed by atoms with van der Waals surface area (Å²) in [6, 6.07) is 13.0. The fraction of sp³-hybridized carbons (Fsp3) is 0.400. The van der Waals surface area contributed by atoms with Gasteiger partial charge in [0.15, 0.2) is 11.5 Å². The molecule has 2 heterocycles. The van der Waals surface area contributed by atoms with E-state index >= 15 is 0 Å². The smallest absolute Gasteiger partial charge is 0.325 e. The monoisotopic (exact) mass is 449 g/mol. The number of imide groups is 1. The summed E-state index contributed by atoms with van der Waals surface area (Å²) in [6.07, 6.45) is 3.14. The molecule has 1 fully saturated rings. The first-order valence-electron chi connectivity index (χ1n) is 11.2. The highest BCUT2D eigenvalue weighted by molar-refractivity contribution is 6.09. The molecule has 0 unspecified atom stereocenters. The van der Waals surface area contributed by atoms with Gasteiger partial charge in [-0.3, -0.25) is 14.5 Å². The van der Waals surface area contributed by atoms with Crippen molar-refractivity contribution in [1.29, 1.82) is 0 Å². The van der Waals surface area contributed by atoms with Crippen molar-refractivity contribution in [2.24, 2.45) is 0 Å². The molecule has 0 aromatic heterocycles. The molecule has 0 spiro atoms. The molecular weight excluding hydrogens is 422 g/mol. The second kappa shape index (κ2) is 8.10. The summed E-state index contributed by atoms with van der Waals surface area (Å²) in [4.78, 5) is 41.7. The lowest BCUT2D eigenvalue weighted by Crippen LogP contribution is -2.47. The molecule has 1 aliphatic carbocycles. The number of aryl methyl sites for hydroxylation is 1. The SMILES string of the molecule is CN(C(=O)CN1C(=O)N[C@](C)(Cc2ccc3c(c2)OCO3)C1=O)[C@@H]1CCCc2ccccc21. The highest BCUT2D eigenvalue weighted by Crippen LogP contribution is 2.35. The Bertz CT molecular complexity index is 1130. The van der Waals surface area contributed by atoms with Crippen molar-refractivity contribution in [3.05, 3.63) is 59.2 Å². The van der Waals surface area contributed by atoms with E-state index in [0.717, 1.165) is 35.3 Å². The van der Waals surface area contributed by atoms with Gasteiger partial charge in [0.2, 0.25) is 12.7 Å². The van der Waals surface area contributed by atoms with Gasteiger partial charge in [0.05, 0.1) is 6.04 Å². The normalized spacial score (nSPS) is 23.3. The van der Waals surface area contributed by atoms with Crippen LogP contribution in [0.15, 0.2) is 42.5 Å². The van der Waals surface area contributed by atoms with Gasteiger partial charge in [-0.1, -0.05) is 30.3 Å². The molecular formula is C25H27N3O5. The first kappa shape index (κ1) is 21.3. The Morgan fingerprint density at radius 1 is 1.18 bits per heavy atom. The van der Waals surface area contributed by atoms with Crippen molar-refractivity contribution in [2.45, 2.75) is 44.2 Å². The van der Waals surface area contributed by atoms with Crippen molar-refractivity contribution >= 4 is 17.8 Å². The number of urea groups is 1. The predicted octanol–water partition coefficient (Wildman–Crippen LogP) is 2.80. The molecule has 0 saturated carbocycles. The van der Waals surface area contributed by atoms with E-state index in [1.165, 1.54) is 5.56 Å². The fourth-order valence-corrected chi connectivity index (χ4v) is 5.02. The maximum absolute atomic E-state index is 13.2. The zero-order chi connectivity index (χ0) is 23.2. The number of carbonyl (C=O) groups is 3. The van der Waals surface area contributed by atoms with Gasteiger partial charge in [-0.15, -0.1) is 0 Å². The van der Waals surface area contributed by atoms with Gasteiger partial charge in [-0.2, -0.15) is 0 Å². The van der Waals surface area contributed by atoms with Crippen LogP contribution in [0.25, 0.3) is 0 Å². The molecule has 1 N–H and O–H groups in total. The summed E-state index contributed by atoms with van der Waals surface area (Å²) >= 11 is 0. The molecule has 4 amide bonds. The number of likely N-dealkylation sites (N-methyl/N-ethyl adjacent to an activating group) is 1. The third-order valence-corrected chi connectivity index (χ3v) is 6.83. The third-order valence-electron chi connectivity index (χ3n) is 6.83. The van der Waals surface area contributed by atoms with Crippen molar-refractivity contribution in [2.75, 3.05) is 20.4 Å². The van der Waals surface area contributed by atoms with E-state index in [1.807, 2.05) is 24.3 Å². The van der Waals surface area contributed by atoms with Gasteiger partial charge in [0.25, 0.3) is 5.91 Å². The van der Waals surface area contributed by atoms with Crippen LogP contribution < -0.4 is 14.8 Å². The van der Waals surface area contributed by atoms with Gasteiger partial charge in [-0.05, 0) is 55.0 Å². The Kier molecular flexibility index (Phi) is 5.23. The lowest BCUT2D eigenvalue weighted by molar-refractivity contribution is -0.139. The van der Waals surface area contributed by atoms with Gasteiger partial charge in [0, 0.05) is 13.5 Å². The van der Waals surface area contributed by atoms with E-state index in [9.17, 15) is 14.4 Å². The standard InChI is InChI=1S/C25H27N3O5/c1-25(13-16-10-11-20-21(12-16)33-15-32-20)23(30)28(24(31)26-25)14-22(29)27(2)19-9-5-7-17-6-3-4-8-18(17)19/h3-4,6,8,10-12,19H,5,7,9,13-15H2,1-2H3,(H,26,31)/t19-,25-/m1/s1. The van der Waals surface area contributed by atoms with Crippen LogP contribution in [0.3, 0.4) is 0 Å². The van der Waals surface area contributed by atoms with Crippen LogP contribution in [0.4, 0.5) is 4.79 Å². The van der Waals surface area contributed by atoms with E-state index in [2.05, 4.69) is 17.4 Å². The molecule has 33 heavy (non-hydrogen) atoms. The van der Waals surface area contributed by atoms with E-state index in [0.29, 0.717) is 11.5 Å². The van der Waals surface area contributed by atoms with Crippen LogP contribution in [0.1, 0.15) is 42.5 Å². The highest BCUT2D eigenvalue weighted by atomic mass is 16.7. The second-order valence-electron chi connectivity index (χ2n) is 9.13. The average molecular weight is 450 g/mol. The van der Waals surface area contributed by atoms with Crippen molar-refractivity contribution in [1.82, 2.24) is 15.1 Å².